The SMILES string of the molecule is COc1cc(O)cc(OC)c1C1C2=CCC3C(=O)N(c4cc([N+](=O)[O-])c(N(C)C)c([N+](=O)[O-])c4)C(=O)C3C2CC2(Cl)C(=O)N(CBr)C(=O)C12Cl. The number of anilines is 2. The summed E-state index contributed by atoms with van der Waals surface area (Å²) in [5, 5.41) is 34.6. The van der Waals surface area contributed by atoms with E-state index in [1.165, 1.54) is 45.3 Å². The number of nitrogens with zero attached hydrogens (tertiary/aromatic N) is 5. The van der Waals surface area contributed by atoms with Gasteiger partial charge in [-0.3, -0.25) is 44.3 Å². The first-order valence-electron chi connectivity index (χ1n) is 15.0. The largest absolute Gasteiger partial charge is 0.508 e. The number of imide groups is 2. The number of carbonyl (C=O) groups is 4. The Hall–Kier alpha value is -4.48. The molecule has 0 bridgehead atoms. The van der Waals surface area contributed by atoms with Crippen LogP contribution in [0.1, 0.15) is 24.3 Å². The lowest BCUT2D eigenvalue weighted by molar-refractivity contribution is -0.392. The third-order valence-corrected chi connectivity index (χ3v) is 11.9. The number of methoxy groups -OCH3 is 2. The van der Waals surface area contributed by atoms with Crippen LogP contribution in [0.15, 0.2) is 35.9 Å². The Balaban J connectivity index is 1.56. The average molecular weight is 797 g/mol. The van der Waals surface area contributed by atoms with Crippen LogP contribution in [0.2, 0.25) is 0 Å². The van der Waals surface area contributed by atoms with E-state index < -0.39 is 78.3 Å². The van der Waals surface area contributed by atoms with Crippen LogP contribution in [0, 0.1) is 38.0 Å². The number of allylic oxidation sites excluding steroid dienone is 2. The highest BCUT2D eigenvalue weighted by Gasteiger charge is 2.77. The summed E-state index contributed by atoms with van der Waals surface area (Å²) < 4.78 is 11.2. The lowest BCUT2D eigenvalue weighted by Crippen LogP contribution is -2.60. The number of hydrogen-bond acceptors (Lipinski definition) is 12. The molecule has 6 unspecified atom stereocenters. The maximum Gasteiger partial charge on any atom is 0.301 e. The van der Waals surface area contributed by atoms with Crippen molar-refractivity contribution in [3.8, 4) is 17.2 Å². The number of amides is 4. The Morgan fingerprint density at radius 3 is 2.00 bits per heavy atom. The summed E-state index contributed by atoms with van der Waals surface area (Å²) in [6.45, 7) is 0. The van der Waals surface area contributed by atoms with Crippen LogP contribution >= 0.6 is 39.1 Å². The molecule has 6 atom stereocenters. The van der Waals surface area contributed by atoms with Gasteiger partial charge in [0.05, 0.1) is 47.0 Å². The smallest absolute Gasteiger partial charge is 0.301 e. The number of hydrogen-bond donors (Lipinski definition) is 1. The van der Waals surface area contributed by atoms with E-state index in [1.54, 1.807) is 6.08 Å². The minimum Gasteiger partial charge on any atom is -0.508 e. The number of ether oxygens (including phenoxy) is 2. The monoisotopic (exact) mass is 795 g/mol. The van der Waals surface area contributed by atoms with Gasteiger partial charge in [-0.15, -0.1) is 23.2 Å². The maximum absolute atomic E-state index is 14.5. The topological polar surface area (TPSA) is 203 Å². The molecule has 2 heterocycles. The van der Waals surface area contributed by atoms with Gasteiger partial charge in [-0.2, -0.15) is 0 Å². The minimum absolute atomic E-state index is 0.0307. The number of phenols is 1. The first kappa shape index (κ1) is 35.3. The quantitative estimate of drug-likeness (QED) is 0.0998. The van der Waals surface area contributed by atoms with Crippen molar-refractivity contribution in [2.45, 2.75) is 28.5 Å². The second kappa shape index (κ2) is 12.1. The number of aromatic hydroxyl groups is 1. The summed E-state index contributed by atoms with van der Waals surface area (Å²) in [7, 11) is 5.37. The number of carbonyl (C=O) groups excluding carboxylic acids is 4. The van der Waals surface area contributed by atoms with E-state index in [-0.39, 0.29) is 52.5 Å². The fourth-order valence-corrected chi connectivity index (χ4v) is 9.40. The number of likely N-dealkylation sites (tertiary alicyclic amines) is 1. The Morgan fingerprint density at radius 2 is 1.52 bits per heavy atom. The Bertz CT molecular complexity index is 1900. The fraction of sp³-hybridized carbons (Fsp3) is 0.419. The predicted molar refractivity (Wildman–Crippen MR) is 181 cm³/mol. The van der Waals surface area contributed by atoms with E-state index in [4.69, 9.17) is 32.7 Å². The van der Waals surface area contributed by atoms with Crippen molar-refractivity contribution < 1.29 is 43.6 Å². The lowest BCUT2D eigenvalue weighted by atomic mass is 9.56. The normalized spacial score (nSPS) is 28.6. The van der Waals surface area contributed by atoms with Crippen LogP contribution in [-0.2, 0) is 19.2 Å². The molecule has 2 aliphatic heterocycles. The van der Waals surface area contributed by atoms with Gasteiger partial charge in [0.15, 0.2) is 15.4 Å². The number of rotatable bonds is 8. The van der Waals surface area contributed by atoms with Crippen molar-refractivity contribution in [2.75, 3.05) is 43.6 Å². The Labute approximate surface area is 301 Å². The standard InChI is InChI=1S/C31H28BrCl2N5O11/c1-35(2)25-18(38(45)46)7-13(8-19(25)39(47)48)37-26(41)16-6-5-15-17(22(16)27(37)42)11-30(33)28(43)36(12-32)29(44)31(30,34)24(15)23-20(49-3)9-14(40)10-21(23)50-4/h5,7-10,16-17,22,24,40H,6,11-12H2,1-4H3. The van der Waals surface area contributed by atoms with E-state index in [9.17, 15) is 44.5 Å². The molecule has 2 aliphatic carbocycles. The van der Waals surface area contributed by atoms with Crippen molar-refractivity contribution in [2.24, 2.45) is 17.8 Å². The molecule has 0 radical (unpaired) electrons. The first-order valence-corrected chi connectivity index (χ1v) is 16.8. The van der Waals surface area contributed by atoms with Crippen molar-refractivity contribution in [3.05, 3.63) is 61.7 Å². The highest BCUT2D eigenvalue weighted by molar-refractivity contribution is 9.09. The highest BCUT2D eigenvalue weighted by Crippen LogP contribution is 2.67. The van der Waals surface area contributed by atoms with E-state index in [2.05, 4.69) is 15.9 Å². The van der Waals surface area contributed by atoms with Crippen LogP contribution < -0.4 is 19.3 Å². The summed E-state index contributed by atoms with van der Waals surface area (Å²) in [5.41, 5.74) is -1.84. The zero-order chi connectivity index (χ0) is 36.8. The number of fused-ring (bicyclic) bond motifs is 4. The summed E-state index contributed by atoms with van der Waals surface area (Å²) in [6, 6.07) is 4.38. The maximum atomic E-state index is 14.5. The van der Waals surface area contributed by atoms with Crippen LogP contribution in [0.25, 0.3) is 0 Å². The Kier molecular flexibility index (Phi) is 8.55. The molecule has 3 fully saturated rings. The molecule has 2 aromatic carbocycles. The number of nitro benzene ring substituents is 2. The number of alkyl halides is 3. The van der Waals surface area contributed by atoms with E-state index in [0.29, 0.717) is 10.5 Å². The number of benzene rings is 2. The third kappa shape index (κ3) is 4.62. The molecular formula is C31H28BrCl2N5O11. The highest BCUT2D eigenvalue weighted by atomic mass is 79.9. The van der Waals surface area contributed by atoms with Crippen molar-refractivity contribution in [1.29, 1.82) is 0 Å². The van der Waals surface area contributed by atoms with Crippen molar-refractivity contribution in [1.82, 2.24) is 4.90 Å². The molecule has 1 saturated carbocycles. The second-order valence-corrected chi connectivity index (χ2v) is 14.2. The zero-order valence-corrected chi connectivity index (χ0v) is 29.8. The molecule has 264 valence electrons. The van der Waals surface area contributed by atoms with E-state index in [1.807, 2.05) is 0 Å². The molecule has 0 aromatic heterocycles. The second-order valence-electron chi connectivity index (χ2n) is 12.5. The van der Waals surface area contributed by atoms with Gasteiger partial charge >= 0.3 is 11.4 Å². The van der Waals surface area contributed by atoms with Gasteiger partial charge < -0.3 is 19.5 Å². The summed E-state index contributed by atoms with van der Waals surface area (Å²) in [4.78, 5) is 77.4. The summed E-state index contributed by atoms with van der Waals surface area (Å²) >= 11 is 17.7. The van der Waals surface area contributed by atoms with Crippen LogP contribution in [-0.4, -0.2) is 87.0 Å². The van der Waals surface area contributed by atoms with Crippen LogP contribution in [0.3, 0.4) is 0 Å². The van der Waals surface area contributed by atoms with Crippen LogP contribution in [0.4, 0.5) is 22.7 Å². The van der Waals surface area contributed by atoms with E-state index in [0.717, 1.165) is 17.0 Å². The van der Waals surface area contributed by atoms with Gasteiger partial charge in [-0.25, -0.2) is 4.90 Å². The zero-order valence-electron chi connectivity index (χ0n) is 26.7. The number of halogens is 3. The van der Waals surface area contributed by atoms with Gasteiger partial charge in [0.1, 0.15) is 17.2 Å². The molecule has 6 rings (SSSR count). The molecule has 19 heteroatoms. The van der Waals surface area contributed by atoms with Gasteiger partial charge in [0.2, 0.25) is 11.8 Å². The molecule has 2 saturated heterocycles. The molecule has 4 aliphatic rings. The van der Waals surface area contributed by atoms with Crippen molar-refractivity contribution >= 4 is 85.5 Å². The third-order valence-electron chi connectivity index (χ3n) is 9.99. The van der Waals surface area contributed by atoms with Crippen molar-refractivity contribution in [3.63, 3.8) is 0 Å². The minimum atomic E-state index is -2.21. The number of phenolic OH excluding ortho intramolecular Hbond substituents is 1. The Morgan fingerprint density at radius 1 is 0.960 bits per heavy atom. The predicted octanol–water partition coefficient (Wildman–Crippen LogP) is 4.21. The molecular weight excluding hydrogens is 769 g/mol. The van der Waals surface area contributed by atoms with Gasteiger partial charge in [-0.05, 0) is 18.8 Å². The fourth-order valence-electron chi connectivity index (χ4n) is 7.99. The van der Waals surface area contributed by atoms with Gasteiger partial charge in [0.25, 0.3) is 11.8 Å². The molecule has 16 nitrogen and oxygen atoms in total. The molecule has 0 spiro atoms. The number of nitro groups is 2. The lowest BCUT2D eigenvalue weighted by Gasteiger charge is -2.51. The van der Waals surface area contributed by atoms with E-state index >= 15 is 0 Å². The molecule has 2 aromatic rings. The van der Waals surface area contributed by atoms with Gasteiger partial charge in [-0.1, -0.05) is 27.6 Å². The molecule has 4 amide bonds. The molecule has 50 heavy (non-hydrogen) atoms. The van der Waals surface area contributed by atoms with Crippen LogP contribution in [0.5, 0.6) is 17.2 Å². The van der Waals surface area contributed by atoms with Gasteiger partial charge in [0, 0.05) is 49.8 Å². The first-order chi connectivity index (χ1) is 23.5. The summed E-state index contributed by atoms with van der Waals surface area (Å²) in [5.74, 6) is -8.07. The average Bonchev–Trinajstić information content (AvgIpc) is 3.40. The summed E-state index contributed by atoms with van der Waals surface area (Å²) in [6.07, 6.45) is 1.21. The molecule has 1 N–H and O–H groups in total.